The van der Waals surface area contributed by atoms with E-state index in [9.17, 15) is 0 Å². The summed E-state index contributed by atoms with van der Waals surface area (Å²) in [5, 5.41) is 3.71. The molecule has 0 aliphatic carbocycles. The van der Waals surface area contributed by atoms with Gasteiger partial charge in [-0.2, -0.15) is 0 Å². The standard InChI is InChI=1S/C16H27N3/c1-18(2)13-14-6-4-7-16(12-14)17-15-8-5-10-19(3)11-9-15/h4,6-7,12,15,17H,5,8-11,13H2,1-3H3. The summed E-state index contributed by atoms with van der Waals surface area (Å²) >= 11 is 0. The van der Waals surface area contributed by atoms with Crippen molar-refractivity contribution in [2.45, 2.75) is 31.8 Å². The smallest absolute Gasteiger partial charge is 0.0345 e. The van der Waals surface area contributed by atoms with Crippen LogP contribution in [0.3, 0.4) is 0 Å². The maximum absolute atomic E-state index is 3.71. The Morgan fingerprint density at radius 1 is 1.26 bits per heavy atom. The van der Waals surface area contributed by atoms with Crippen molar-refractivity contribution in [3.05, 3.63) is 29.8 Å². The van der Waals surface area contributed by atoms with Crippen molar-refractivity contribution in [2.75, 3.05) is 39.5 Å². The third kappa shape index (κ3) is 4.84. The Hall–Kier alpha value is -1.06. The molecule has 0 amide bonds. The molecule has 0 radical (unpaired) electrons. The maximum Gasteiger partial charge on any atom is 0.0345 e. The lowest BCUT2D eigenvalue weighted by molar-refractivity contribution is 0.348. The molecule has 3 heteroatoms. The molecular weight excluding hydrogens is 234 g/mol. The van der Waals surface area contributed by atoms with Crippen LogP contribution in [0.25, 0.3) is 0 Å². The SMILES string of the molecule is CN(C)Cc1cccc(NC2CCCN(C)CC2)c1. The van der Waals surface area contributed by atoms with Crippen molar-refractivity contribution < 1.29 is 0 Å². The second kappa shape index (κ2) is 6.92. The minimum absolute atomic E-state index is 0.625. The van der Waals surface area contributed by atoms with E-state index in [1.807, 2.05) is 0 Å². The summed E-state index contributed by atoms with van der Waals surface area (Å²) in [5.74, 6) is 0. The molecule has 0 aromatic heterocycles. The van der Waals surface area contributed by atoms with Crippen molar-refractivity contribution in [3.63, 3.8) is 0 Å². The van der Waals surface area contributed by atoms with E-state index < -0.39 is 0 Å². The zero-order chi connectivity index (χ0) is 13.7. The zero-order valence-corrected chi connectivity index (χ0v) is 12.5. The minimum Gasteiger partial charge on any atom is -0.382 e. The number of rotatable bonds is 4. The summed E-state index contributed by atoms with van der Waals surface area (Å²) in [6.45, 7) is 3.44. The Kier molecular flexibility index (Phi) is 5.23. The van der Waals surface area contributed by atoms with Crippen LogP contribution in [0, 0.1) is 0 Å². The molecule has 0 bridgehead atoms. The van der Waals surface area contributed by atoms with Crippen LogP contribution in [-0.4, -0.2) is 50.1 Å². The predicted molar refractivity (Wildman–Crippen MR) is 82.6 cm³/mol. The second-order valence-corrected chi connectivity index (χ2v) is 6.01. The number of anilines is 1. The van der Waals surface area contributed by atoms with Gasteiger partial charge in [-0.3, -0.25) is 0 Å². The number of nitrogens with zero attached hydrogens (tertiary/aromatic N) is 2. The first-order valence-corrected chi connectivity index (χ1v) is 7.32. The fourth-order valence-electron chi connectivity index (χ4n) is 2.74. The van der Waals surface area contributed by atoms with Crippen molar-refractivity contribution in [3.8, 4) is 0 Å². The Balaban J connectivity index is 1.94. The first-order valence-electron chi connectivity index (χ1n) is 7.32. The molecule has 1 atom stereocenters. The molecule has 1 aromatic rings. The first-order chi connectivity index (χ1) is 9.13. The molecule has 3 nitrogen and oxygen atoms in total. The molecule has 1 aliphatic rings. The molecule has 19 heavy (non-hydrogen) atoms. The Morgan fingerprint density at radius 2 is 2.11 bits per heavy atom. The lowest BCUT2D eigenvalue weighted by Crippen LogP contribution is -2.23. The van der Waals surface area contributed by atoms with Gasteiger partial charge in [-0.05, 0) is 71.2 Å². The normalized spacial score (nSPS) is 21.4. The van der Waals surface area contributed by atoms with E-state index in [0.29, 0.717) is 6.04 Å². The number of nitrogens with one attached hydrogen (secondary N) is 1. The summed E-state index contributed by atoms with van der Waals surface area (Å²) in [4.78, 5) is 4.64. The summed E-state index contributed by atoms with van der Waals surface area (Å²) in [6.07, 6.45) is 3.82. The molecule has 1 N–H and O–H groups in total. The molecule has 0 saturated carbocycles. The topological polar surface area (TPSA) is 18.5 Å². The summed E-state index contributed by atoms with van der Waals surface area (Å²) < 4.78 is 0. The highest BCUT2D eigenvalue weighted by Crippen LogP contribution is 2.18. The van der Waals surface area contributed by atoms with E-state index in [2.05, 4.69) is 60.5 Å². The Labute approximate surface area is 117 Å². The minimum atomic E-state index is 0.625. The fourth-order valence-corrected chi connectivity index (χ4v) is 2.74. The fraction of sp³-hybridized carbons (Fsp3) is 0.625. The monoisotopic (exact) mass is 261 g/mol. The van der Waals surface area contributed by atoms with Gasteiger partial charge in [0.05, 0.1) is 0 Å². The molecule has 106 valence electrons. The summed E-state index contributed by atoms with van der Waals surface area (Å²) in [5.41, 5.74) is 2.65. The van der Waals surface area contributed by atoms with E-state index in [-0.39, 0.29) is 0 Å². The quantitative estimate of drug-likeness (QED) is 0.899. The van der Waals surface area contributed by atoms with Gasteiger partial charge in [0.15, 0.2) is 0 Å². The average Bonchev–Trinajstić information content (AvgIpc) is 2.54. The van der Waals surface area contributed by atoms with Crippen molar-refractivity contribution in [2.24, 2.45) is 0 Å². The molecule has 1 unspecified atom stereocenters. The van der Waals surface area contributed by atoms with Gasteiger partial charge in [0.2, 0.25) is 0 Å². The molecule has 1 aromatic carbocycles. The van der Waals surface area contributed by atoms with E-state index >= 15 is 0 Å². The number of likely N-dealkylation sites (tertiary alicyclic amines) is 1. The molecule has 0 spiro atoms. The number of hydrogen-bond acceptors (Lipinski definition) is 3. The zero-order valence-electron chi connectivity index (χ0n) is 12.5. The van der Waals surface area contributed by atoms with Crippen LogP contribution in [0.1, 0.15) is 24.8 Å². The van der Waals surface area contributed by atoms with Crippen molar-refractivity contribution >= 4 is 5.69 Å². The predicted octanol–water partition coefficient (Wildman–Crippen LogP) is 2.64. The molecule has 1 saturated heterocycles. The van der Waals surface area contributed by atoms with Gasteiger partial charge in [0, 0.05) is 18.3 Å². The van der Waals surface area contributed by atoms with Crippen LogP contribution in [0.4, 0.5) is 5.69 Å². The Bertz CT molecular complexity index is 389. The van der Waals surface area contributed by atoms with Crippen LogP contribution in [0.15, 0.2) is 24.3 Å². The highest BCUT2D eigenvalue weighted by Gasteiger charge is 2.14. The lowest BCUT2D eigenvalue weighted by Gasteiger charge is -2.19. The van der Waals surface area contributed by atoms with Crippen LogP contribution in [0.2, 0.25) is 0 Å². The van der Waals surface area contributed by atoms with Gasteiger partial charge < -0.3 is 15.1 Å². The Morgan fingerprint density at radius 3 is 2.89 bits per heavy atom. The van der Waals surface area contributed by atoms with Crippen molar-refractivity contribution in [1.29, 1.82) is 0 Å². The number of hydrogen-bond donors (Lipinski definition) is 1. The van der Waals surface area contributed by atoms with E-state index in [1.54, 1.807) is 0 Å². The largest absolute Gasteiger partial charge is 0.382 e. The third-order valence-electron chi connectivity index (χ3n) is 3.75. The van der Waals surface area contributed by atoms with Crippen LogP contribution in [0.5, 0.6) is 0 Å². The molecule has 1 aliphatic heterocycles. The van der Waals surface area contributed by atoms with Crippen LogP contribution >= 0.6 is 0 Å². The summed E-state index contributed by atoms with van der Waals surface area (Å²) in [7, 11) is 6.45. The van der Waals surface area contributed by atoms with E-state index in [4.69, 9.17) is 0 Å². The van der Waals surface area contributed by atoms with Gasteiger partial charge in [0.25, 0.3) is 0 Å². The molecular formula is C16H27N3. The number of benzene rings is 1. The maximum atomic E-state index is 3.71. The van der Waals surface area contributed by atoms with Gasteiger partial charge in [-0.15, -0.1) is 0 Å². The van der Waals surface area contributed by atoms with Gasteiger partial charge in [0.1, 0.15) is 0 Å². The lowest BCUT2D eigenvalue weighted by atomic mass is 10.1. The summed E-state index contributed by atoms with van der Waals surface area (Å²) in [6, 6.07) is 9.46. The molecule has 2 rings (SSSR count). The average molecular weight is 261 g/mol. The van der Waals surface area contributed by atoms with Gasteiger partial charge >= 0.3 is 0 Å². The molecule has 1 fully saturated rings. The first kappa shape index (κ1) is 14.4. The van der Waals surface area contributed by atoms with E-state index in [0.717, 1.165) is 6.54 Å². The van der Waals surface area contributed by atoms with Crippen LogP contribution in [-0.2, 0) is 6.54 Å². The third-order valence-corrected chi connectivity index (χ3v) is 3.75. The second-order valence-electron chi connectivity index (χ2n) is 6.01. The van der Waals surface area contributed by atoms with Gasteiger partial charge in [-0.25, -0.2) is 0 Å². The van der Waals surface area contributed by atoms with Crippen molar-refractivity contribution in [1.82, 2.24) is 9.80 Å². The van der Waals surface area contributed by atoms with Crippen LogP contribution < -0.4 is 5.32 Å². The van der Waals surface area contributed by atoms with Gasteiger partial charge in [-0.1, -0.05) is 12.1 Å². The highest BCUT2D eigenvalue weighted by molar-refractivity contribution is 5.46. The highest BCUT2D eigenvalue weighted by atomic mass is 15.1. The molecule has 1 heterocycles. The van der Waals surface area contributed by atoms with E-state index in [1.165, 1.54) is 43.6 Å².